The van der Waals surface area contributed by atoms with Gasteiger partial charge in [-0.3, -0.25) is 19.1 Å². The Morgan fingerprint density at radius 3 is 2.83 bits per heavy atom. The molecule has 0 spiro atoms. The number of carbonyl (C=O) groups is 1. The lowest BCUT2D eigenvalue weighted by molar-refractivity contribution is -0.143. The van der Waals surface area contributed by atoms with Gasteiger partial charge in [-0.1, -0.05) is 30.3 Å². The van der Waals surface area contributed by atoms with Crippen LogP contribution in [0, 0.1) is 0 Å². The molecule has 1 aromatic heterocycles. The van der Waals surface area contributed by atoms with Crippen molar-refractivity contribution >= 4 is 5.97 Å². The Bertz CT molecular complexity index is 771. The zero-order valence-electron chi connectivity index (χ0n) is 13.8. The molecule has 0 N–H and O–H groups in total. The number of nitrogens with zero attached hydrogens (tertiary/aromatic N) is 3. The summed E-state index contributed by atoms with van der Waals surface area (Å²) in [7, 11) is 0. The Hall–Kier alpha value is -2.47. The van der Waals surface area contributed by atoms with Crippen LogP contribution in [-0.4, -0.2) is 33.6 Å². The molecule has 6 nitrogen and oxygen atoms in total. The SMILES string of the molecule is CCOC(=O)Cn1cnc2c(c1=O)CCN(Cc1ccccc1)C2. The van der Waals surface area contributed by atoms with Crippen LogP contribution in [0.2, 0.25) is 0 Å². The van der Waals surface area contributed by atoms with Gasteiger partial charge in [0.2, 0.25) is 0 Å². The summed E-state index contributed by atoms with van der Waals surface area (Å²) >= 11 is 0. The van der Waals surface area contributed by atoms with E-state index in [-0.39, 0.29) is 12.1 Å². The molecule has 2 heterocycles. The van der Waals surface area contributed by atoms with E-state index >= 15 is 0 Å². The smallest absolute Gasteiger partial charge is 0.326 e. The van der Waals surface area contributed by atoms with E-state index < -0.39 is 5.97 Å². The highest BCUT2D eigenvalue weighted by atomic mass is 16.5. The van der Waals surface area contributed by atoms with Crippen molar-refractivity contribution in [1.82, 2.24) is 14.5 Å². The van der Waals surface area contributed by atoms with E-state index in [2.05, 4.69) is 22.0 Å². The molecule has 3 rings (SSSR count). The van der Waals surface area contributed by atoms with Crippen LogP contribution in [0.3, 0.4) is 0 Å². The number of carbonyl (C=O) groups excluding carboxylic acids is 1. The minimum atomic E-state index is -0.414. The summed E-state index contributed by atoms with van der Waals surface area (Å²) in [6.45, 7) is 4.27. The fourth-order valence-corrected chi connectivity index (χ4v) is 2.95. The molecule has 6 heteroatoms. The number of benzene rings is 1. The van der Waals surface area contributed by atoms with Gasteiger partial charge in [0.05, 0.1) is 18.6 Å². The average molecular weight is 327 g/mol. The van der Waals surface area contributed by atoms with Crippen molar-refractivity contribution in [1.29, 1.82) is 0 Å². The third-order valence-corrected chi connectivity index (χ3v) is 4.13. The van der Waals surface area contributed by atoms with E-state index in [1.807, 2.05) is 18.2 Å². The van der Waals surface area contributed by atoms with Gasteiger partial charge in [0, 0.05) is 25.2 Å². The Kier molecular flexibility index (Phi) is 5.05. The van der Waals surface area contributed by atoms with Crippen LogP contribution in [-0.2, 0) is 35.6 Å². The molecule has 0 saturated heterocycles. The van der Waals surface area contributed by atoms with Crippen LogP contribution in [0.1, 0.15) is 23.7 Å². The number of hydrogen-bond acceptors (Lipinski definition) is 5. The largest absolute Gasteiger partial charge is 0.465 e. The van der Waals surface area contributed by atoms with Crippen molar-refractivity contribution in [2.24, 2.45) is 0 Å². The summed E-state index contributed by atoms with van der Waals surface area (Å²) in [4.78, 5) is 30.8. The molecular weight excluding hydrogens is 306 g/mol. The van der Waals surface area contributed by atoms with Crippen molar-refractivity contribution in [3.05, 3.63) is 63.8 Å². The van der Waals surface area contributed by atoms with E-state index in [0.29, 0.717) is 25.1 Å². The maximum atomic E-state index is 12.5. The van der Waals surface area contributed by atoms with E-state index in [1.54, 1.807) is 6.92 Å². The summed E-state index contributed by atoms with van der Waals surface area (Å²) in [5.74, 6) is -0.414. The van der Waals surface area contributed by atoms with Crippen molar-refractivity contribution < 1.29 is 9.53 Å². The molecule has 0 aliphatic carbocycles. The van der Waals surface area contributed by atoms with Gasteiger partial charge in [0.15, 0.2) is 0 Å². The number of fused-ring (bicyclic) bond motifs is 1. The first-order chi connectivity index (χ1) is 11.7. The Balaban J connectivity index is 1.73. The fraction of sp³-hybridized carbons (Fsp3) is 0.389. The Morgan fingerprint density at radius 2 is 2.08 bits per heavy atom. The highest BCUT2D eigenvalue weighted by Crippen LogP contribution is 2.16. The first kappa shape index (κ1) is 16.4. The molecule has 0 bridgehead atoms. The molecule has 0 radical (unpaired) electrons. The van der Waals surface area contributed by atoms with Crippen LogP contribution in [0.25, 0.3) is 0 Å². The standard InChI is InChI=1S/C18H21N3O3/c1-2-24-17(22)12-21-13-19-16-11-20(9-8-15(16)18(21)23)10-14-6-4-3-5-7-14/h3-7,13H,2,8-12H2,1H3. The normalized spacial score (nSPS) is 14.2. The summed E-state index contributed by atoms with van der Waals surface area (Å²) in [5, 5.41) is 0. The second kappa shape index (κ2) is 7.40. The van der Waals surface area contributed by atoms with E-state index in [0.717, 1.165) is 18.8 Å². The van der Waals surface area contributed by atoms with E-state index in [4.69, 9.17) is 4.74 Å². The molecule has 126 valence electrons. The summed E-state index contributed by atoms with van der Waals surface area (Å²) in [5.41, 5.74) is 2.64. The minimum absolute atomic E-state index is 0.0827. The molecular formula is C18H21N3O3. The zero-order valence-corrected chi connectivity index (χ0v) is 13.8. The lowest BCUT2D eigenvalue weighted by Gasteiger charge is -2.27. The third-order valence-electron chi connectivity index (χ3n) is 4.13. The first-order valence-electron chi connectivity index (χ1n) is 8.16. The van der Waals surface area contributed by atoms with Gasteiger partial charge in [0.1, 0.15) is 6.54 Å². The topological polar surface area (TPSA) is 64.4 Å². The minimum Gasteiger partial charge on any atom is -0.465 e. The van der Waals surface area contributed by atoms with Crippen molar-refractivity contribution in [3.8, 4) is 0 Å². The summed E-state index contributed by atoms with van der Waals surface area (Å²) < 4.78 is 6.23. The zero-order chi connectivity index (χ0) is 16.9. The lowest BCUT2D eigenvalue weighted by atomic mass is 10.1. The van der Waals surface area contributed by atoms with Gasteiger partial charge in [-0.05, 0) is 18.9 Å². The number of ether oxygens (including phenoxy) is 1. The lowest BCUT2D eigenvalue weighted by Crippen LogP contribution is -2.37. The van der Waals surface area contributed by atoms with E-state index in [1.165, 1.54) is 16.5 Å². The van der Waals surface area contributed by atoms with Gasteiger partial charge < -0.3 is 4.74 Å². The number of rotatable bonds is 5. The molecule has 1 aliphatic rings. The molecule has 24 heavy (non-hydrogen) atoms. The quantitative estimate of drug-likeness (QED) is 0.776. The Labute approximate surface area is 140 Å². The van der Waals surface area contributed by atoms with Gasteiger partial charge >= 0.3 is 5.97 Å². The molecule has 0 atom stereocenters. The second-order valence-electron chi connectivity index (χ2n) is 5.85. The van der Waals surface area contributed by atoms with Crippen LogP contribution in [0.4, 0.5) is 0 Å². The van der Waals surface area contributed by atoms with Gasteiger partial charge in [-0.2, -0.15) is 0 Å². The molecule has 0 amide bonds. The monoisotopic (exact) mass is 327 g/mol. The molecule has 0 fully saturated rings. The molecule has 1 aromatic carbocycles. The van der Waals surface area contributed by atoms with Crippen molar-refractivity contribution in [3.63, 3.8) is 0 Å². The second-order valence-corrected chi connectivity index (χ2v) is 5.85. The number of aromatic nitrogens is 2. The number of hydrogen-bond donors (Lipinski definition) is 0. The van der Waals surface area contributed by atoms with Crippen LogP contribution in [0.15, 0.2) is 41.5 Å². The highest BCUT2D eigenvalue weighted by molar-refractivity contribution is 5.69. The average Bonchev–Trinajstić information content (AvgIpc) is 2.59. The highest BCUT2D eigenvalue weighted by Gasteiger charge is 2.21. The summed E-state index contributed by atoms with van der Waals surface area (Å²) in [6, 6.07) is 10.3. The summed E-state index contributed by atoms with van der Waals surface area (Å²) in [6.07, 6.45) is 2.10. The predicted molar refractivity (Wildman–Crippen MR) is 89.4 cm³/mol. The molecule has 2 aromatic rings. The maximum absolute atomic E-state index is 12.5. The van der Waals surface area contributed by atoms with Crippen LogP contribution < -0.4 is 5.56 Å². The maximum Gasteiger partial charge on any atom is 0.326 e. The molecule has 1 aliphatic heterocycles. The van der Waals surface area contributed by atoms with E-state index in [9.17, 15) is 9.59 Å². The van der Waals surface area contributed by atoms with Crippen molar-refractivity contribution in [2.75, 3.05) is 13.2 Å². The molecule has 0 saturated carbocycles. The number of esters is 1. The third kappa shape index (κ3) is 3.71. The van der Waals surface area contributed by atoms with Crippen molar-refractivity contribution in [2.45, 2.75) is 33.0 Å². The van der Waals surface area contributed by atoms with Gasteiger partial charge in [-0.25, -0.2) is 4.98 Å². The first-order valence-corrected chi connectivity index (χ1v) is 8.16. The van der Waals surface area contributed by atoms with Crippen LogP contribution in [0.5, 0.6) is 0 Å². The van der Waals surface area contributed by atoms with Crippen LogP contribution >= 0.6 is 0 Å². The van der Waals surface area contributed by atoms with Gasteiger partial charge in [0.25, 0.3) is 5.56 Å². The Morgan fingerprint density at radius 1 is 1.29 bits per heavy atom. The predicted octanol–water partition coefficient (Wildman–Crippen LogP) is 1.36. The molecule has 0 unspecified atom stereocenters. The van der Waals surface area contributed by atoms with Gasteiger partial charge in [-0.15, -0.1) is 0 Å². The fourth-order valence-electron chi connectivity index (χ4n) is 2.95.